The van der Waals surface area contributed by atoms with E-state index in [0.29, 0.717) is 38.7 Å². The molecule has 2 atom stereocenters. The van der Waals surface area contributed by atoms with Crippen molar-refractivity contribution in [1.82, 2.24) is 9.97 Å². The number of β-amino-alcohol motifs (C(OH)–C–C–N with tert-alkyl or cyclic N) is 1. The molecule has 0 aliphatic carbocycles. The zero-order valence-electron chi connectivity index (χ0n) is 13.2. The zero-order valence-corrected chi connectivity index (χ0v) is 13.2. The van der Waals surface area contributed by atoms with Crippen LogP contribution in [0.1, 0.15) is 19.0 Å². The van der Waals surface area contributed by atoms with Gasteiger partial charge in [-0.1, -0.05) is 0 Å². The Labute approximate surface area is 130 Å². The lowest BCUT2D eigenvalue weighted by atomic mass is 9.91. The highest BCUT2D eigenvalue weighted by Crippen LogP contribution is 2.26. The van der Waals surface area contributed by atoms with Gasteiger partial charge >= 0.3 is 0 Å². The predicted molar refractivity (Wildman–Crippen MR) is 83.3 cm³/mol. The number of aliphatic hydroxyl groups excluding tert-OH is 1. The standard InChI is InChI=1S/C15H24N4O3/c1-11-9-13(19-4-3-15(2,21)12(20)10-19)17-14(16-11)18-5-7-22-8-6-18/h9,12,20-21H,3-8,10H2,1-2H3/t12-,15-/m1/s1. The summed E-state index contributed by atoms with van der Waals surface area (Å²) in [4.78, 5) is 13.3. The molecule has 2 aliphatic heterocycles. The zero-order chi connectivity index (χ0) is 15.7. The van der Waals surface area contributed by atoms with Gasteiger partial charge in [-0.3, -0.25) is 0 Å². The van der Waals surface area contributed by atoms with Gasteiger partial charge in [0.15, 0.2) is 0 Å². The van der Waals surface area contributed by atoms with Crippen molar-refractivity contribution in [3.63, 3.8) is 0 Å². The van der Waals surface area contributed by atoms with Crippen LogP contribution in [0.4, 0.5) is 11.8 Å². The number of nitrogens with zero attached hydrogens (tertiary/aromatic N) is 4. The normalized spacial score (nSPS) is 29.7. The Morgan fingerprint density at radius 1 is 1.23 bits per heavy atom. The maximum Gasteiger partial charge on any atom is 0.227 e. The number of aromatic nitrogens is 2. The van der Waals surface area contributed by atoms with E-state index < -0.39 is 11.7 Å². The number of hydrogen-bond acceptors (Lipinski definition) is 7. The third-order valence-corrected chi connectivity index (χ3v) is 4.45. The topological polar surface area (TPSA) is 82.0 Å². The van der Waals surface area contributed by atoms with Gasteiger partial charge in [-0.15, -0.1) is 0 Å². The fourth-order valence-electron chi connectivity index (χ4n) is 2.84. The average Bonchev–Trinajstić information content (AvgIpc) is 2.50. The lowest BCUT2D eigenvalue weighted by molar-refractivity contribution is -0.0722. The molecule has 0 radical (unpaired) electrons. The first-order chi connectivity index (χ1) is 10.5. The van der Waals surface area contributed by atoms with Crippen LogP contribution in [-0.4, -0.2) is 71.3 Å². The van der Waals surface area contributed by atoms with Gasteiger partial charge in [-0.25, -0.2) is 4.98 Å². The largest absolute Gasteiger partial charge is 0.388 e. The average molecular weight is 308 g/mol. The van der Waals surface area contributed by atoms with Gasteiger partial charge in [0.2, 0.25) is 5.95 Å². The first-order valence-corrected chi connectivity index (χ1v) is 7.79. The Hall–Kier alpha value is -1.44. The van der Waals surface area contributed by atoms with E-state index in [-0.39, 0.29) is 0 Å². The maximum absolute atomic E-state index is 10.1. The van der Waals surface area contributed by atoms with Crippen LogP contribution in [-0.2, 0) is 4.74 Å². The number of morpholine rings is 1. The Kier molecular flexibility index (Phi) is 4.20. The van der Waals surface area contributed by atoms with Crippen LogP contribution in [0.2, 0.25) is 0 Å². The molecule has 2 fully saturated rings. The summed E-state index contributed by atoms with van der Waals surface area (Å²) in [5.41, 5.74) is -0.121. The highest BCUT2D eigenvalue weighted by atomic mass is 16.5. The van der Waals surface area contributed by atoms with Gasteiger partial charge < -0.3 is 24.7 Å². The summed E-state index contributed by atoms with van der Waals surface area (Å²) in [6.45, 7) is 7.65. The highest BCUT2D eigenvalue weighted by molar-refractivity contribution is 5.47. The molecule has 122 valence electrons. The van der Waals surface area contributed by atoms with Crippen molar-refractivity contribution >= 4 is 11.8 Å². The molecular weight excluding hydrogens is 284 g/mol. The van der Waals surface area contributed by atoms with Crippen molar-refractivity contribution < 1.29 is 14.9 Å². The fourth-order valence-corrected chi connectivity index (χ4v) is 2.84. The third kappa shape index (κ3) is 3.16. The predicted octanol–water partition coefficient (Wildman–Crippen LogP) is -0.0564. The van der Waals surface area contributed by atoms with Crippen molar-refractivity contribution in [2.24, 2.45) is 0 Å². The van der Waals surface area contributed by atoms with Crippen LogP contribution in [0.3, 0.4) is 0 Å². The molecule has 2 N–H and O–H groups in total. The summed E-state index contributed by atoms with van der Waals surface area (Å²) >= 11 is 0. The molecule has 7 nitrogen and oxygen atoms in total. The lowest BCUT2D eigenvalue weighted by Gasteiger charge is -2.40. The van der Waals surface area contributed by atoms with Gasteiger partial charge in [0.05, 0.1) is 24.9 Å². The summed E-state index contributed by atoms with van der Waals surface area (Å²) in [7, 11) is 0. The van der Waals surface area contributed by atoms with E-state index >= 15 is 0 Å². The van der Waals surface area contributed by atoms with Crippen LogP contribution < -0.4 is 9.80 Å². The summed E-state index contributed by atoms with van der Waals surface area (Å²) in [6, 6.07) is 1.93. The Morgan fingerprint density at radius 3 is 2.64 bits per heavy atom. The molecule has 0 amide bonds. The lowest BCUT2D eigenvalue weighted by Crippen LogP contribution is -2.54. The maximum atomic E-state index is 10.1. The molecule has 2 aliphatic rings. The van der Waals surface area contributed by atoms with Crippen molar-refractivity contribution in [2.45, 2.75) is 32.0 Å². The molecule has 0 aromatic carbocycles. The highest BCUT2D eigenvalue weighted by Gasteiger charge is 2.37. The quantitative estimate of drug-likeness (QED) is 0.792. The van der Waals surface area contributed by atoms with Gasteiger partial charge in [-0.05, 0) is 20.3 Å². The molecule has 0 spiro atoms. The monoisotopic (exact) mass is 308 g/mol. The molecule has 1 aromatic heterocycles. The van der Waals surface area contributed by atoms with Crippen molar-refractivity contribution in [2.75, 3.05) is 49.2 Å². The minimum absolute atomic E-state index is 0.381. The molecule has 3 heterocycles. The van der Waals surface area contributed by atoms with E-state index in [2.05, 4.69) is 14.9 Å². The molecule has 0 unspecified atom stereocenters. The van der Waals surface area contributed by atoms with Crippen LogP contribution in [0, 0.1) is 6.92 Å². The minimum atomic E-state index is -1.02. The van der Waals surface area contributed by atoms with E-state index in [4.69, 9.17) is 4.74 Å². The van der Waals surface area contributed by atoms with E-state index in [0.717, 1.165) is 24.6 Å². The SMILES string of the molecule is Cc1cc(N2CC[C@@](C)(O)[C@H](O)C2)nc(N2CCOCC2)n1. The number of anilines is 2. The van der Waals surface area contributed by atoms with E-state index in [1.165, 1.54) is 0 Å². The minimum Gasteiger partial charge on any atom is -0.388 e. The Morgan fingerprint density at radius 2 is 1.95 bits per heavy atom. The molecule has 22 heavy (non-hydrogen) atoms. The first-order valence-electron chi connectivity index (χ1n) is 7.79. The van der Waals surface area contributed by atoms with E-state index in [1.807, 2.05) is 17.9 Å². The first kappa shape index (κ1) is 15.5. The second kappa shape index (κ2) is 5.98. The van der Waals surface area contributed by atoms with Crippen LogP contribution in [0.5, 0.6) is 0 Å². The number of aliphatic hydroxyl groups is 2. The fraction of sp³-hybridized carbons (Fsp3) is 0.733. The summed E-state index contributed by atoms with van der Waals surface area (Å²) < 4.78 is 5.37. The van der Waals surface area contributed by atoms with Crippen LogP contribution >= 0.6 is 0 Å². The molecule has 7 heteroatoms. The van der Waals surface area contributed by atoms with Crippen molar-refractivity contribution in [3.8, 4) is 0 Å². The Balaban J connectivity index is 1.80. The van der Waals surface area contributed by atoms with Crippen molar-refractivity contribution in [1.29, 1.82) is 0 Å². The van der Waals surface area contributed by atoms with Gasteiger partial charge in [0.1, 0.15) is 5.82 Å². The van der Waals surface area contributed by atoms with Gasteiger partial charge in [-0.2, -0.15) is 4.98 Å². The summed E-state index contributed by atoms with van der Waals surface area (Å²) in [6.07, 6.45) is -0.257. The molecule has 0 bridgehead atoms. The van der Waals surface area contributed by atoms with E-state index in [9.17, 15) is 10.2 Å². The molecule has 2 saturated heterocycles. The van der Waals surface area contributed by atoms with Crippen molar-refractivity contribution in [3.05, 3.63) is 11.8 Å². The number of hydrogen-bond donors (Lipinski definition) is 2. The molecule has 3 rings (SSSR count). The van der Waals surface area contributed by atoms with Crippen LogP contribution in [0.25, 0.3) is 0 Å². The number of piperidine rings is 1. The summed E-state index contributed by atoms with van der Waals surface area (Å²) in [5.74, 6) is 1.52. The molecule has 0 saturated carbocycles. The van der Waals surface area contributed by atoms with Gasteiger partial charge in [0, 0.05) is 37.9 Å². The smallest absolute Gasteiger partial charge is 0.227 e. The second-order valence-electron chi connectivity index (χ2n) is 6.34. The molecule has 1 aromatic rings. The van der Waals surface area contributed by atoms with E-state index in [1.54, 1.807) is 6.92 Å². The third-order valence-electron chi connectivity index (χ3n) is 4.45. The number of aryl methyl sites for hydroxylation is 1. The number of ether oxygens (including phenoxy) is 1. The van der Waals surface area contributed by atoms with Crippen LogP contribution in [0.15, 0.2) is 6.07 Å². The summed E-state index contributed by atoms with van der Waals surface area (Å²) in [5, 5.41) is 20.2. The second-order valence-corrected chi connectivity index (χ2v) is 6.34. The van der Waals surface area contributed by atoms with Gasteiger partial charge in [0.25, 0.3) is 0 Å². The Bertz CT molecular complexity index is 532. The molecular formula is C15H24N4O3. The number of rotatable bonds is 2.